The fourth-order valence-corrected chi connectivity index (χ4v) is 4.88. The van der Waals surface area contributed by atoms with Crippen molar-refractivity contribution >= 4 is 23.2 Å². The molecule has 2 amide bonds. The van der Waals surface area contributed by atoms with Gasteiger partial charge in [0.2, 0.25) is 6.17 Å². The third kappa shape index (κ3) is 4.66. The van der Waals surface area contributed by atoms with Crippen molar-refractivity contribution in [1.29, 1.82) is 0 Å². The number of carbonyl (C=O) groups excluding carboxylic acids is 2. The van der Waals surface area contributed by atoms with Gasteiger partial charge in [-0.25, -0.2) is 4.99 Å². The summed E-state index contributed by atoms with van der Waals surface area (Å²) in [5.74, 6) is -0.714. The van der Waals surface area contributed by atoms with Crippen LogP contribution >= 0.6 is 0 Å². The van der Waals surface area contributed by atoms with Gasteiger partial charge in [0.1, 0.15) is 0 Å². The summed E-state index contributed by atoms with van der Waals surface area (Å²) >= 11 is 0. The first-order chi connectivity index (χ1) is 18.2. The van der Waals surface area contributed by atoms with Gasteiger partial charge in [0, 0.05) is 42.5 Å². The lowest BCUT2D eigenvalue weighted by molar-refractivity contribution is -0.117. The zero-order chi connectivity index (χ0) is 25.2. The van der Waals surface area contributed by atoms with Crippen LogP contribution in [0.15, 0.2) is 96.1 Å². The monoisotopic (exact) mass is 490 g/mol. The molecule has 1 unspecified atom stereocenters. The quantitative estimate of drug-likeness (QED) is 0.448. The number of benzodiazepines with no additional fused rings is 1. The fourth-order valence-electron chi connectivity index (χ4n) is 4.88. The number of carbonyl (C=O) groups is 2. The van der Waals surface area contributed by atoms with Gasteiger partial charge in [0.25, 0.3) is 11.8 Å². The van der Waals surface area contributed by atoms with Gasteiger partial charge in [-0.2, -0.15) is 5.10 Å². The largest absolute Gasteiger partial charge is 0.322 e. The molecule has 0 aliphatic carbocycles. The Morgan fingerprint density at radius 3 is 2.62 bits per heavy atom. The van der Waals surface area contributed by atoms with Crippen molar-refractivity contribution in [3.8, 4) is 0 Å². The van der Waals surface area contributed by atoms with E-state index in [0.717, 1.165) is 42.0 Å². The minimum Gasteiger partial charge on any atom is -0.322 e. The van der Waals surface area contributed by atoms with Gasteiger partial charge < -0.3 is 10.6 Å². The molecule has 1 aromatic heterocycles. The molecular formula is C29H26N6O2. The second-order valence-corrected chi connectivity index (χ2v) is 9.17. The first kappa shape index (κ1) is 22.9. The highest BCUT2D eigenvalue weighted by Gasteiger charge is 2.28. The van der Waals surface area contributed by atoms with Crippen LogP contribution in [-0.2, 0) is 24.4 Å². The lowest BCUT2D eigenvalue weighted by Crippen LogP contribution is -2.43. The molecular weight excluding hydrogens is 464 g/mol. The van der Waals surface area contributed by atoms with Crippen LogP contribution < -0.4 is 10.6 Å². The minimum absolute atomic E-state index is 0.333. The lowest BCUT2D eigenvalue weighted by Gasteiger charge is -2.28. The van der Waals surface area contributed by atoms with E-state index in [1.165, 1.54) is 0 Å². The fraction of sp³-hybridized carbons (Fsp3) is 0.172. The molecule has 0 radical (unpaired) electrons. The molecule has 8 heteroatoms. The summed E-state index contributed by atoms with van der Waals surface area (Å²) in [5.41, 5.74) is 5.59. The van der Waals surface area contributed by atoms with E-state index in [0.29, 0.717) is 23.5 Å². The molecule has 0 bridgehead atoms. The normalized spacial score (nSPS) is 17.1. The lowest BCUT2D eigenvalue weighted by atomic mass is 10.0. The number of nitrogens with one attached hydrogen (secondary N) is 2. The maximum Gasteiger partial charge on any atom is 0.269 e. The molecule has 2 N–H and O–H groups in total. The number of amides is 2. The Morgan fingerprint density at radius 2 is 1.73 bits per heavy atom. The van der Waals surface area contributed by atoms with E-state index in [2.05, 4.69) is 20.6 Å². The molecule has 3 heterocycles. The van der Waals surface area contributed by atoms with Crippen molar-refractivity contribution < 1.29 is 9.59 Å². The van der Waals surface area contributed by atoms with E-state index in [-0.39, 0.29) is 11.8 Å². The van der Waals surface area contributed by atoms with E-state index >= 15 is 0 Å². The van der Waals surface area contributed by atoms with Crippen LogP contribution in [0.25, 0.3) is 0 Å². The molecule has 0 saturated carbocycles. The molecule has 8 nitrogen and oxygen atoms in total. The van der Waals surface area contributed by atoms with E-state index in [9.17, 15) is 9.59 Å². The Morgan fingerprint density at radius 1 is 0.946 bits per heavy atom. The summed E-state index contributed by atoms with van der Waals surface area (Å²) in [6.45, 7) is 3.05. The Hall–Kier alpha value is -4.56. The van der Waals surface area contributed by atoms with E-state index < -0.39 is 6.17 Å². The van der Waals surface area contributed by atoms with Gasteiger partial charge >= 0.3 is 0 Å². The number of hydrogen-bond acceptors (Lipinski definition) is 5. The molecule has 0 saturated heterocycles. The first-order valence-electron chi connectivity index (χ1n) is 12.3. The van der Waals surface area contributed by atoms with Crippen LogP contribution in [0.4, 0.5) is 5.69 Å². The number of hydrogen-bond donors (Lipinski definition) is 2. The molecule has 3 aromatic carbocycles. The SMILES string of the molecule is O=C(NC1N=C(c2ccccc2)c2ccccc2NC1=O)c1ccccc1CN1CCn2nccc2C1. The van der Waals surface area contributed by atoms with E-state index in [1.54, 1.807) is 6.07 Å². The van der Waals surface area contributed by atoms with E-state index in [4.69, 9.17) is 4.99 Å². The highest BCUT2D eigenvalue weighted by atomic mass is 16.2. The van der Waals surface area contributed by atoms with Crippen LogP contribution in [0.1, 0.15) is 32.7 Å². The van der Waals surface area contributed by atoms with Crippen molar-refractivity contribution in [2.75, 3.05) is 11.9 Å². The Kier molecular flexibility index (Phi) is 6.08. The summed E-state index contributed by atoms with van der Waals surface area (Å²) in [4.78, 5) is 33.7. The maximum atomic E-state index is 13.5. The Labute approximate surface area is 214 Å². The summed E-state index contributed by atoms with van der Waals surface area (Å²) in [6, 6.07) is 26.8. The standard InChI is InChI=1S/C29H26N6O2/c36-28(23-11-5-4-10-21(23)18-34-16-17-35-22(19-34)14-15-30-35)33-27-29(37)31-25-13-7-6-12-24(25)26(32-27)20-8-2-1-3-9-20/h1-15,27H,16-19H2,(H,31,37)(H,33,36). The average molecular weight is 491 g/mol. The van der Waals surface area contributed by atoms with Crippen molar-refractivity contribution in [2.24, 2.45) is 4.99 Å². The third-order valence-corrected chi connectivity index (χ3v) is 6.74. The van der Waals surface area contributed by atoms with Gasteiger partial charge in [-0.05, 0) is 23.8 Å². The third-order valence-electron chi connectivity index (χ3n) is 6.74. The van der Waals surface area contributed by atoms with Crippen LogP contribution in [0, 0.1) is 0 Å². The molecule has 6 rings (SSSR count). The van der Waals surface area contributed by atoms with Gasteiger partial charge in [0.15, 0.2) is 0 Å². The van der Waals surface area contributed by atoms with Crippen LogP contribution in [0.3, 0.4) is 0 Å². The zero-order valence-corrected chi connectivity index (χ0v) is 20.2. The van der Waals surface area contributed by atoms with Crippen LogP contribution in [0.2, 0.25) is 0 Å². The number of rotatable bonds is 5. The van der Waals surface area contributed by atoms with Gasteiger partial charge in [-0.1, -0.05) is 66.7 Å². The first-order valence-corrected chi connectivity index (χ1v) is 12.3. The minimum atomic E-state index is -1.08. The van der Waals surface area contributed by atoms with E-state index in [1.807, 2.05) is 89.7 Å². The van der Waals surface area contributed by atoms with Gasteiger partial charge in [-0.3, -0.25) is 19.2 Å². The number of para-hydroxylation sites is 1. The van der Waals surface area contributed by atoms with Crippen LogP contribution in [-0.4, -0.2) is 44.9 Å². The highest BCUT2D eigenvalue weighted by Crippen LogP contribution is 2.24. The van der Waals surface area contributed by atoms with Gasteiger partial charge in [0.05, 0.1) is 23.6 Å². The number of aromatic nitrogens is 2. The summed E-state index contributed by atoms with van der Waals surface area (Å²) in [5, 5.41) is 10.2. The molecule has 184 valence electrons. The number of benzene rings is 3. The molecule has 1 atom stereocenters. The predicted molar refractivity (Wildman–Crippen MR) is 141 cm³/mol. The molecule has 0 fully saturated rings. The summed E-state index contributed by atoms with van der Waals surface area (Å²) in [7, 11) is 0. The van der Waals surface area contributed by atoms with Crippen molar-refractivity contribution in [3.63, 3.8) is 0 Å². The number of aliphatic imine (C=N–C) groups is 1. The second-order valence-electron chi connectivity index (χ2n) is 9.17. The maximum absolute atomic E-state index is 13.5. The smallest absolute Gasteiger partial charge is 0.269 e. The zero-order valence-electron chi connectivity index (χ0n) is 20.2. The predicted octanol–water partition coefficient (Wildman–Crippen LogP) is 3.44. The van der Waals surface area contributed by atoms with Gasteiger partial charge in [-0.15, -0.1) is 0 Å². The van der Waals surface area contributed by atoms with Crippen molar-refractivity contribution in [2.45, 2.75) is 25.8 Å². The number of nitrogens with zero attached hydrogens (tertiary/aromatic N) is 4. The van der Waals surface area contributed by atoms with Crippen molar-refractivity contribution in [1.82, 2.24) is 20.0 Å². The number of fused-ring (bicyclic) bond motifs is 2. The summed E-state index contributed by atoms with van der Waals surface area (Å²) < 4.78 is 2.01. The van der Waals surface area contributed by atoms with Crippen LogP contribution in [0.5, 0.6) is 0 Å². The molecule has 2 aliphatic heterocycles. The highest BCUT2D eigenvalue weighted by molar-refractivity contribution is 6.20. The molecule has 4 aromatic rings. The molecule has 0 spiro atoms. The average Bonchev–Trinajstić information content (AvgIpc) is 3.35. The van der Waals surface area contributed by atoms with Crippen molar-refractivity contribution in [3.05, 3.63) is 119 Å². The number of anilines is 1. The Bertz CT molecular complexity index is 1490. The molecule has 37 heavy (non-hydrogen) atoms. The molecule has 2 aliphatic rings. The second kappa shape index (κ2) is 9.83. The topological polar surface area (TPSA) is 91.6 Å². The summed E-state index contributed by atoms with van der Waals surface area (Å²) in [6.07, 6.45) is 0.744. The Balaban J connectivity index is 1.27.